The van der Waals surface area contributed by atoms with E-state index in [2.05, 4.69) is 21.1 Å². The van der Waals surface area contributed by atoms with Gasteiger partial charge in [0.15, 0.2) is 33.7 Å². The molecular formula is C22H66N3O5+3. The van der Waals surface area contributed by atoms with E-state index < -0.39 is 0 Å². The molecule has 0 aromatic heterocycles. The molecule has 0 fully saturated rings. The maximum Gasteiger partial charge on any atom is 0.217 e. The van der Waals surface area contributed by atoms with Crippen LogP contribution in [0.2, 0.25) is 0 Å². The summed E-state index contributed by atoms with van der Waals surface area (Å²) in [4.78, 5) is 0. The van der Waals surface area contributed by atoms with Gasteiger partial charge in [-0.05, 0) is 0 Å². The first-order chi connectivity index (χ1) is 10.7. The molecule has 0 unspecified atom stereocenters. The van der Waals surface area contributed by atoms with E-state index in [9.17, 15) is 0 Å². The second kappa shape index (κ2) is 24.9. The van der Waals surface area contributed by atoms with Crippen LogP contribution in [0.25, 0.3) is 0 Å². The Morgan fingerprint density at radius 3 is 0.700 bits per heavy atom. The average Bonchev–Trinajstić information content (AvgIpc) is 2.38. The summed E-state index contributed by atoms with van der Waals surface area (Å²) in [7, 11) is 15.0. The molecule has 0 aliphatic rings. The average molecular weight is 453 g/mol. The van der Waals surface area contributed by atoms with E-state index in [1.165, 1.54) is 0 Å². The minimum absolute atomic E-state index is 0. The van der Waals surface area contributed by atoms with Crippen LogP contribution in [0.15, 0.2) is 0 Å². The molecule has 0 heterocycles. The number of nitrogens with zero attached hydrogens (tertiary/aromatic N) is 3. The highest BCUT2D eigenvalue weighted by Crippen LogP contribution is 2.17. The van der Waals surface area contributed by atoms with Crippen LogP contribution < -0.4 is 0 Å². The zero-order valence-electron chi connectivity index (χ0n) is 16.3. The number of hydrogen-bond acceptors (Lipinski definition) is 5. The lowest BCUT2D eigenvalue weighted by atomic mass is 10.4. The van der Waals surface area contributed by atoms with Crippen LogP contribution in [-0.4, -0.2) is 117 Å². The van der Waals surface area contributed by atoms with Crippen molar-refractivity contribution in [2.45, 2.75) is 52.0 Å². The molecule has 30 heavy (non-hydrogen) atoms. The first kappa shape index (κ1) is 51.9. The van der Waals surface area contributed by atoms with Crippen molar-refractivity contribution >= 4 is 0 Å². The highest BCUT2D eigenvalue weighted by molar-refractivity contribution is 4.26. The van der Waals surface area contributed by atoms with Crippen molar-refractivity contribution in [2.75, 3.05) is 104 Å². The molecule has 8 heteroatoms. The lowest BCUT2D eigenvalue weighted by Gasteiger charge is -2.45. The molecule has 0 atom stereocenters. The molecular weight excluding hydrogens is 386 g/mol. The Morgan fingerprint density at radius 1 is 0.367 bits per heavy atom. The third-order valence-electron chi connectivity index (χ3n) is 3.57. The summed E-state index contributed by atoms with van der Waals surface area (Å²) in [6, 6.07) is 0. The summed E-state index contributed by atoms with van der Waals surface area (Å²) in [5.74, 6) is 0. The van der Waals surface area contributed by atoms with Crippen molar-refractivity contribution in [3.05, 3.63) is 0 Å². The second-order valence-electron chi connectivity index (χ2n) is 7.23. The van der Waals surface area contributed by atoms with Crippen LogP contribution in [0.3, 0.4) is 0 Å². The van der Waals surface area contributed by atoms with Crippen molar-refractivity contribution < 1.29 is 37.1 Å². The Balaban J connectivity index is -0.000000115. The molecule has 0 aliphatic carbocycles. The third-order valence-corrected chi connectivity index (χ3v) is 3.57. The molecule has 0 aliphatic heterocycles. The molecule has 8 nitrogen and oxygen atoms in total. The molecule has 0 spiro atoms. The van der Waals surface area contributed by atoms with Gasteiger partial charge in [-0.3, -0.25) is 0 Å². The van der Waals surface area contributed by atoms with E-state index in [1.807, 2.05) is 0 Å². The van der Waals surface area contributed by atoms with Gasteiger partial charge in [-0.15, -0.1) is 0 Å². The Labute approximate surface area is 193 Å². The van der Waals surface area contributed by atoms with Crippen LogP contribution in [0.4, 0.5) is 0 Å². The van der Waals surface area contributed by atoms with Crippen LogP contribution in [0.5, 0.6) is 0 Å². The van der Waals surface area contributed by atoms with Crippen LogP contribution in [0.1, 0.15) is 52.0 Å². The fourth-order valence-electron chi connectivity index (χ4n) is 3.57. The van der Waals surface area contributed by atoms with Crippen molar-refractivity contribution in [1.82, 2.24) is 0 Å². The first-order valence-electron chi connectivity index (χ1n) is 7.67. The van der Waals surface area contributed by atoms with Gasteiger partial charge in [0.05, 0.1) is 21.1 Å². The standard InChI is InChI=1S/C15H38N3O5.7CH4/c1-16(11-19-4,9-17(2,12-20-5)13-21-6)10-18(3,14-22-7)15-23-8;;;;;;;/h9-15H2,1-8H3;7*1H4/q+3;;;;;;;. The highest BCUT2D eigenvalue weighted by Gasteiger charge is 2.41. The van der Waals surface area contributed by atoms with E-state index in [4.69, 9.17) is 23.7 Å². The van der Waals surface area contributed by atoms with Gasteiger partial charge in [-0.1, -0.05) is 52.0 Å². The second-order valence-corrected chi connectivity index (χ2v) is 7.23. The lowest BCUT2D eigenvalue weighted by molar-refractivity contribution is -1.17. The Bertz CT molecular complexity index is 285. The number of rotatable bonds is 14. The first-order valence-corrected chi connectivity index (χ1v) is 7.67. The molecule has 0 aromatic carbocycles. The minimum atomic E-state index is 0. The van der Waals surface area contributed by atoms with E-state index >= 15 is 0 Å². The summed E-state index contributed by atoms with van der Waals surface area (Å²) in [6.45, 7) is 4.48. The van der Waals surface area contributed by atoms with Gasteiger partial charge in [-0.25, -0.2) is 13.4 Å². The monoisotopic (exact) mass is 452 g/mol. The van der Waals surface area contributed by atoms with Gasteiger partial charge in [0.1, 0.15) is 0 Å². The molecule has 0 aromatic rings. The Morgan fingerprint density at radius 2 is 0.533 bits per heavy atom. The Kier molecular flexibility index (Phi) is 43.2. The molecule has 0 saturated carbocycles. The zero-order valence-corrected chi connectivity index (χ0v) is 16.3. The SMILES string of the molecule is C.C.C.C.C.C.C.COC[N+](C)(COC)C[N+](C)(COC)C[N+](C)(COC)COC. The van der Waals surface area contributed by atoms with E-state index in [0.717, 1.165) is 13.3 Å². The lowest BCUT2D eigenvalue weighted by Crippen LogP contribution is -2.67. The van der Waals surface area contributed by atoms with Crippen molar-refractivity contribution in [3.8, 4) is 0 Å². The summed E-state index contributed by atoms with van der Waals surface area (Å²) in [6.07, 6.45) is 0. The molecule has 0 rings (SSSR count). The number of ether oxygens (including phenoxy) is 5. The van der Waals surface area contributed by atoms with Gasteiger partial charge in [-0.2, -0.15) is 0 Å². The summed E-state index contributed by atoms with van der Waals surface area (Å²) >= 11 is 0. The van der Waals surface area contributed by atoms with Gasteiger partial charge >= 0.3 is 0 Å². The molecule has 0 saturated heterocycles. The Hall–Kier alpha value is -0.320. The largest absolute Gasteiger partial charge is 0.335 e. The molecule has 0 N–H and O–H groups in total. The van der Waals surface area contributed by atoms with Gasteiger partial charge < -0.3 is 23.7 Å². The van der Waals surface area contributed by atoms with Crippen molar-refractivity contribution in [2.24, 2.45) is 0 Å². The molecule has 196 valence electrons. The topological polar surface area (TPSA) is 46.2 Å². The predicted octanol–water partition coefficient (Wildman–Crippen LogP) is 4.71. The zero-order chi connectivity index (χ0) is 18.0. The van der Waals surface area contributed by atoms with Gasteiger partial charge in [0, 0.05) is 35.5 Å². The van der Waals surface area contributed by atoms with Gasteiger partial charge in [0.25, 0.3) is 0 Å². The molecule has 0 amide bonds. The van der Waals surface area contributed by atoms with E-state index in [1.54, 1.807) is 35.5 Å². The van der Waals surface area contributed by atoms with Crippen molar-refractivity contribution in [3.63, 3.8) is 0 Å². The smallest absolute Gasteiger partial charge is 0.217 e. The third kappa shape index (κ3) is 19.6. The highest BCUT2D eigenvalue weighted by atomic mass is 16.5. The molecule has 0 radical (unpaired) electrons. The quantitative estimate of drug-likeness (QED) is 0.282. The summed E-state index contributed by atoms with van der Waals surface area (Å²) in [5, 5.41) is 0. The van der Waals surface area contributed by atoms with Gasteiger partial charge in [0.2, 0.25) is 13.3 Å². The number of methoxy groups -OCH3 is 5. The fourth-order valence-corrected chi connectivity index (χ4v) is 3.57. The predicted molar refractivity (Wildman–Crippen MR) is 135 cm³/mol. The van der Waals surface area contributed by atoms with E-state index in [0.29, 0.717) is 47.1 Å². The maximum absolute atomic E-state index is 5.50. The summed E-state index contributed by atoms with van der Waals surface area (Å²) in [5.41, 5.74) is 0. The van der Waals surface area contributed by atoms with Crippen LogP contribution in [-0.2, 0) is 23.7 Å². The van der Waals surface area contributed by atoms with Crippen molar-refractivity contribution in [1.29, 1.82) is 0 Å². The fraction of sp³-hybridized carbons (Fsp3) is 1.00. The van der Waals surface area contributed by atoms with Crippen LogP contribution >= 0.6 is 0 Å². The van der Waals surface area contributed by atoms with Crippen LogP contribution in [0, 0.1) is 0 Å². The minimum Gasteiger partial charge on any atom is -0.335 e. The molecule has 0 bridgehead atoms. The summed E-state index contributed by atoms with van der Waals surface area (Å²) < 4.78 is 29.0. The van der Waals surface area contributed by atoms with E-state index in [-0.39, 0.29) is 52.0 Å². The maximum atomic E-state index is 5.50. The number of hydrogen-bond donors (Lipinski definition) is 0. The number of quaternary nitrogens is 3. The normalized spacial score (nSPS) is 10.4.